The molecule has 0 aliphatic heterocycles. The smallest absolute Gasteiger partial charge is 0.319 e. The summed E-state index contributed by atoms with van der Waals surface area (Å²) in [4.78, 5) is 18.2. The number of imidazole rings is 1. The second-order valence-electron chi connectivity index (χ2n) is 1.75. The quantitative estimate of drug-likeness (QED) is 0.611. The van der Waals surface area contributed by atoms with Gasteiger partial charge in [0.1, 0.15) is 0 Å². The molecule has 0 saturated heterocycles. The molecule has 0 spiro atoms. The van der Waals surface area contributed by atoms with Crippen LogP contribution >= 0.6 is 0 Å². The van der Waals surface area contributed by atoms with Crippen molar-refractivity contribution in [3.8, 4) is 0 Å². The highest BCUT2D eigenvalue weighted by Crippen LogP contribution is 2.00. The van der Waals surface area contributed by atoms with Crippen LogP contribution in [0.5, 0.6) is 0 Å². The highest BCUT2D eigenvalue weighted by Gasteiger charge is 2.03. The van der Waals surface area contributed by atoms with Gasteiger partial charge in [0.25, 0.3) is 0 Å². The second-order valence-corrected chi connectivity index (χ2v) is 1.75. The molecule has 4 nitrogen and oxygen atoms in total. The monoisotopic (exact) mass is 138 g/mol. The molecular weight excluding hydrogens is 130 g/mol. The van der Waals surface area contributed by atoms with Gasteiger partial charge in [0.2, 0.25) is 5.95 Å². The summed E-state index contributed by atoms with van der Waals surface area (Å²) >= 11 is 0. The van der Waals surface area contributed by atoms with Gasteiger partial charge in [-0.25, -0.2) is 4.98 Å². The van der Waals surface area contributed by atoms with Crippen molar-refractivity contribution < 1.29 is 4.79 Å². The van der Waals surface area contributed by atoms with E-state index in [2.05, 4.69) is 9.97 Å². The summed E-state index contributed by atoms with van der Waals surface area (Å²) in [5.74, 6) is 0.539. The standard InChI is InChI=1S/C6H8N3O/c1-2-9(5-10)6-7-3-4-8-6/h3-4H,2H2,1H3,(H,7,8). The van der Waals surface area contributed by atoms with E-state index < -0.39 is 0 Å². The van der Waals surface area contributed by atoms with Gasteiger partial charge in [-0.3, -0.25) is 9.69 Å². The van der Waals surface area contributed by atoms with Gasteiger partial charge in [-0.05, 0) is 6.92 Å². The first kappa shape index (κ1) is 6.80. The van der Waals surface area contributed by atoms with Crippen LogP contribution in [-0.4, -0.2) is 22.9 Å². The Labute approximate surface area is 58.9 Å². The van der Waals surface area contributed by atoms with Crippen molar-refractivity contribution in [3.05, 3.63) is 12.4 Å². The number of nitrogens with zero attached hydrogens (tertiary/aromatic N) is 2. The molecule has 1 amide bonds. The van der Waals surface area contributed by atoms with Gasteiger partial charge in [0.15, 0.2) is 0 Å². The molecule has 0 aliphatic carbocycles. The lowest BCUT2D eigenvalue weighted by atomic mass is 10.6. The first-order valence-corrected chi connectivity index (χ1v) is 3.03. The molecule has 0 bridgehead atoms. The molecule has 1 radical (unpaired) electrons. The van der Waals surface area contributed by atoms with Crippen LogP contribution in [0.15, 0.2) is 12.4 Å². The van der Waals surface area contributed by atoms with Gasteiger partial charge >= 0.3 is 6.41 Å². The fourth-order valence-electron chi connectivity index (χ4n) is 0.662. The van der Waals surface area contributed by atoms with E-state index in [1.165, 1.54) is 4.90 Å². The third kappa shape index (κ3) is 1.15. The zero-order valence-corrected chi connectivity index (χ0v) is 5.66. The maximum atomic E-state index is 10.2. The molecule has 1 aromatic rings. The predicted molar refractivity (Wildman–Crippen MR) is 37.3 cm³/mol. The van der Waals surface area contributed by atoms with Gasteiger partial charge in [-0.15, -0.1) is 0 Å². The lowest BCUT2D eigenvalue weighted by Crippen LogP contribution is -2.21. The number of carbonyl (C=O) groups excluding carboxylic acids is 1. The van der Waals surface area contributed by atoms with Gasteiger partial charge in [-0.1, -0.05) is 0 Å². The number of H-pyrrole nitrogens is 1. The molecule has 1 aromatic heterocycles. The molecular formula is C6H8N3O. The number of hydrogen-bond donors (Lipinski definition) is 1. The number of rotatable bonds is 3. The zero-order valence-electron chi connectivity index (χ0n) is 5.66. The number of aromatic amines is 1. The van der Waals surface area contributed by atoms with Crippen LogP contribution < -0.4 is 4.90 Å². The Kier molecular flexibility index (Phi) is 2.04. The van der Waals surface area contributed by atoms with Crippen molar-refractivity contribution in [2.24, 2.45) is 0 Å². The average Bonchev–Trinajstić information content (AvgIpc) is 2.43. The average molecular weight is 138 g/mol. The van der Waals surface area contributed by atoms with E-state index in [9.17, 15) is 4.79 Å². The van der Waals surface area contributed by atoms with Crippen LogP contribution in [0.25, 0.3) is 0 Å². The molecule has 4 heteroatoms. The Balaban J connectivity index is 2.73. The van der Waals surface area contributed by atoms with E-state index in [0.29, 0.717) is 12.5 Å². The molecule has 1 N–H and O–H groups in total. The normalized spacial score (nSPS) is 9.30. The van der Waals surface area contributed by atoms with E-state index in [1.54, 1.807) is 18.8 Å². The number of aromatic nitrogens is 2. The van der Waals surface area contributed by atoms with Crippen molar-refractivity contribution in [2.75, 3.05) is 11.4 Å². The fourth-order valence-corrected chi connectivity index (χ4v) is 0.662. The molecule has 1 heterocycles. The molecule has 53 valence electrons. The molecule has 1 rings (SSSR count). The van der Waals surface area contributed by atoms with E-state index in [4.69, 9.17) is 0 Å². The SMILES string of the molecule is CCN([C]=O)c1ncc[nH]1. The summed E-state index contributed by atoms with van der Waals surface area (Å²) in [5.41, 5.74) is 0. The maximum absolute atomic E-state index is 10.2. The van der Waals surface area contributed by atoms with Crippen LogP contribution in [0.4, 0.5) is 5.95 Å². The molecule has 0 fully saturated rings. The summed E-state index contributed by atoms with van der Waals surface area (Å²) in [6.45, 7) is 2.43. The second kappa shape index (κ2) is 3.00. The third-order valence-electron chi connectivity index (χ3n) is 1.17. The first-order valence-electron chi connectivity index (χ1n) is 3.03. The number of anilines is 1. The summed E-state index contributed by atoms with van der Waals surface area (Å²) in [7, 11) is 0. The Hall–Kier alpha value is -1.32. The number of amides is 1. The zero-order chi connectivity index (χ0) is 7.40. The summed E-state index contributed by atoms with van der Waals surface area (Å²) in [5, 5.41) is 0. The van der Waals surface area contributed by atoms with E-state index in [1.807, 2.05) is 6.92 Å². The molecule has 0 aliphatic rings. The lowest BCUT2D eigenvalue weighted by Gasteiger charge is -2.07. The van der Waals surface area contributed by atoms with Crippen molar-refractivity contribution in [2.45, 2.75) is 6.92 Å². The number of nitrogens with one attached hydrogen (secondary N) is 1. The molecule has 0 atom stereocenters. The Bertz CT molecular complexity index is 195. The van der Waals surface area contributed by atoms with Crippen LogP contribution in [-0.2, 0) is 4.79 Å². The minimum absolute atomic E-state index is 0.539. The largest absolute Gasteiger partial charge is 0.331 e. The van der Waals surface area contributed by atoms with Gasteiger partial charge in [0, 0.05) is 18.9 Å². The van der Waals surface area contributed by atoms with E-state index >= 15 is 0 Å². The van der Waals surface area contributed by atoms with E-state index in [-0.39, 0.29) is 0 Å². The fraction of sp³-hybridized carbons (Fsp3) is 0.333. The topological polar surface area (TPSA) is 49.0 Å². The molecule has 0 aromatic carbocycles. The maximum Gasteiger partial charge on any atom is 0.319 e. The van der Waals surface area contributed by atoms with Crippen LogP contribution in [0.3, 0.4) is 0 Å². The van der Waals surface area contributed by atoms with Crippen LogP contribution in [0.1, 0.15) is 6.92 Å². The minimum Gasteiger partial charge on any atom is -0.331 e. The van der Waals surface area contributed by atoms with Crippen LogP contribution in [0, 0.1) is 0 Å². The van der Waals surface area contributed by atoms with Crippen molar-refractivity contribution in [1.82, 2.24) is 9.97 Å². The highest BCUT2D eigenvalue weighted by molar-refractivity contribution is 5.71. The van der Waals surface area contributed by atoms with Crippen LogP contribution in [0.2, 0.25) is 0 Å². The van der Waals surface area contributed by atoms with Gasteiger partial charge in [-0.2, -0.15) is 0 Å². The Morgan fingerprint density at radius 3 is 3.10 bits per heavy atom. The van der Waals surface area contributed by atoms with E-state index in [0.717, 1.165) is 0 Å². The number of hydrogen-bond acceptors (Lipinski definition) is 2. The summed E-state index contributed by atoms with van der Waals surface area (Å²) in [6.07, 6.45) is 5.00. The van der Waals surface area contributed by atoms with Crippen molar-refractivity contribution in [3.63, 3.8) is 0 Å². The lowest BCUT2D eigenvalue weighted by molar-refractivity contribution is 0.551. The van der Waals surface area contributed by atoms with Crippen molar-refractivity contribution in [1.29, 1.82) is 0 Å². The Morgan fingerprint density at radius 2 is 2.70 bits per heavy atom. The molecule has 0 unspecified atom stereocenters. The molecule has 10 heavy (non-hydrogen) atoms. The summed E-state index contributed by atoms with van der Waals surface area (Å²) < 4.78 is 0. The van der Waals surface area contributed by atoms with Crippen molar-refractivity contribution >= 4 is 12.4 Å². The van der Waals surface area contributed by atoms with Gasteiger partial charge in [0.05, 0.1) is 0 Å². The molecule has 0 saturated carbocycles. The highest BCUT2D eigenvalue weighted by atomic mass is 16.1. The minimum atomic E-state index is 0.539. The summed E-state index contributed by atoms with van der Waals surface area (Å²) in [6, 6.07) is 0. The Morgan fingerprint density at radius 1 is 1.90 bits per heavy atom. The first-order chi connectivity index (χ1) is 4.88. The third-order valence-corrected chi connectivity index (χ3v) is 1.17. The predicted octanol–water partition coefficient (Wildman–Crippen LogP) is 0.303. The van der Waals surface area contributed by atoms with Gasteiger partial charge < -0.3 is 4.98 Å².